The summed E-state index contributed by atoms with van der Waals surface area (Å²) in [6.07, 6.45) is 0. The van der Waals surface area contributed by atoms with Gasteiger partial charge in [0.2, 0.25) is 0 Å². The van der Waals surface area contributed by atoms with Gasteiger partial charge in [-0.05, 0) is 42.3 Å². The molecule has 0 N–H and O–H groups in total. The van der Waals surface area contributed by atoms with Crippen LogP contribution in [0.15, 0.2) is 42.5 Å². The summed E-state index contributed by atoms with van der Waals surface area (Å²) >= 11 is 1.74. The fourth-order valence-corrected chi connectivity index (χ4v) is 2.98. The second kappa shape index (κ2) is 4.67. The van der Waals surface area contributed by atoms with Gasteiger partial charge in [-0.2, -0.15) is 0 Å². The summed E-state index contributed by atoms with van der Waals surface area (Å²) in [5, 5.41) is 1.12. The maximum absolute atomic E-state index is 4.56. The molecule has 2 aromatic carbocycles. The summed E-state index contributed by atoms with van der Waals surface area (Å²) in [6.45, 7) is 2.05. The number of hydrogen-bond acceptors (Lipinski definition) is 3. The van der Waals surface area contributed by atoms with Crippen molar-refractivity contribution in [2.45, 2.75) is 6.92 Å². The SMILES string of the molecule is Cc1nc2cc(-c3ccc(N(C)C)cc3)ccc2s1. The van der Waals surface area contributed by atoms with Crippen molar-refractivity contribution in [3.8, 4) is 11.1 Å². The van der Waals surface area contributed by atoms with Gasteiger partial charge in [-0.25, -0.2) is 4.98 Å². The first-order chi connectivity index (χ1) is 9.13. The van der Waals surface area contributed by atoms with E-state index in [0.717, 1.165) is 10.5 Å². The van der Waals surface area contributed by atoms with Crippen LogP contribution in [-0.4, -0.2) is 19.1 Å². The number of hydrogen-bond donors (Lipinski definition) is 0. The minimum Gasteiger partial charge on any atom is -0.378 e. The molecule has 19 heavy (non-hydrogen) atoms. The number of fused-ring (bicyclic) bond motifs is 1. The highest BCUT2D eigenvalue weighted by molar-refractivity contribution is 7.18. The van der Waals surface area contributed by atoms with E-state index >= 15 is 0 Å². The molecule has 0 spiro atoms. The minimum absolute atomic E-state index is 1.09. The highest BCUT2D eigenvalue weighted by Crippen LogP contribution is 2.28. The van der Waals surface area contributed by atoms with Crippen LogP contribution in [0.4, 0.5) is 5.69 Å². The molecule has 0 aliphatic heterocycles. The van der Waals surface area contributed by atoms with E-state index < -0.39 is 0 Å². The van der Waals surface area contributed by atoms with E-state index in [1.165, 1.54) is 21.5 Å². The molecule has 1 aromatic heterocycles. The monoisotopic (exact) mass is 268 g/mol. The van der Waals surface area contributed by atoms with Crippen LogP contribution < -0.4 is 4.90 Å². The van der Waals surface area contributed by atoms with Crippen molar-refractivity contribution in [3.05, 3.63) is 47.5 Å². The second-order valence-corrected chi connectivity index (χ2v) is 6.09. The van der Waals surface area contributed by atoms with Gasteiger partial charge in [0.05, 0.1) is 15.2 Å². The summed E-state index contributed by atoms with van der Waals surface area (Å²) in [6, 6.07) is 15.1. The Morgan fingerprint density at radius 1 is 0.947 bits per heavy atom. The average Bonchev–Trinajstić information content (AvgIpc) is 2.77. The zero-order valence-corrected chi connectivity index (χ0v) is 12.2. The Labute approximate surface area is 117 Å². The molecule has 0 bridgehead atoms. The zero-order valence-electron chi connectivity index (χ0n) is 11.3. The van der Waals surface area contributed by atoms with Crippen LogP contribution in [0.3, 0.4) is 0 Å². The molecule has 0 saturated heterocycles. The molecular weight excluding hydrogens is 252 g/mol. The highest BCUT2D eigenvalue weighted by Gasteiger charge is 2.04. The van der Waals surface area contributed by atoms with Crippen molar-refractivity contribution in [2.24, 2.45) is 0 Å². The number of thiazole rings is 1. The fraction of sp³-hybridized carbons (Fsp3) is 0.188. The Kier molecular flexibility index (Phi) is 2.99. The van der Waals surface area contributed by atoms with Crippen LogP contribution >= 0.6 is 11.3 Å². The van der Waals surface area contributed by atoms with Gasteiger partial charge in [-0.1, -0.05) is 18.2 Å². The first-order valence-corrected chi connectivity index (χ1v) is 7.10. The largest absolute Gasteiger partial charge is 0.378 e. The number of anilines is 1. The van der Waals surface area contributed by atoms with Crippen molar-refractivity contribution in [1.82, 2.24) is 4.98 Å². The van der Waals surface area contributed by atoms with Crippen molar-refractivity contribution in [1.29, 1.82) is 0 Å². The number of nitrogens with zero attached hydrogens (tertiary/aromatic N) is 2. The Morgan fingerprint density at radius 3 is 2.32 bits per heavy atom. The van der Waals surface area contributed by atoms with Gasteiger partial charge < -0.3 is 4.90 Å². The molecule has 3 rings (SSSR count). The van der Waals surface area contributed by atoms with Crippen LogP contribution in [0.1, 0.15) is 5.01 Å². The molecule has 0 aliphatic carbocycles. The lowest BCUT2D eigenvalue weighted by molar-refractivity contribution is 1.13. The maximum Gasteiger partial charge on any atom is 0.0907 e. The fourth-order valence-electron chi connectivity index (χ4n) is 2.17. The summed E-state index contributed by atoms with van der Waals surface area (Å²) in [5.74, 6) is 0. The Balaban J connectivity index is 2.03. The zero-order chi connectivity index (χ0) is 13.4. The van der Waals surface area contributed by atoms with Gasteiger partial charge in [0.25, 0.3) is 0 Å². The molecule has 0 unspecified atom stereocenters. The van der Waals surface area contributed by atoms with E-state index in [4.69, 9.17) is 0 Å². The minimum atomic E-state index is 1.09. The molecule has 0 radical (unpaired) electrons. The Hall–Kier alpha value is -1.87. The molecule has 3 aromatic rings. The van der Waals surface area contributed by atoms with Crippen LogP contribution in [0.5, 0.6) is 0 Å². The molecule has 0 atom stereocenters. The first-order valence-electron chi connectivity index (χ1n) is 6.28. The van der Waals surface area contributed by atoms with Gasteiger partial charge >= 0.3 is 0 Å². The number of benzene rings is 2. The lowest BCUT2D eigenvalue weighted by atomic mass is 10.1. The summed E-state index contributed by atoms with van der Waals surface area (Å²) in [4.78, 5) is 6.66. The van der Waals surface area contributed by atoms with E-state index in [-0.39, 0.29) is 0 Å². The van der Waals surface area contributed by atoms with Gasteiger partial charge in [-0.15, -0.1) is 11.3 Å². The lowest BCUT2D eigenvalue weighted by Crippen LogP contribution is -2.07. The summed E-state index contributed by atoms with van der Waals surface area (Å²) in [5.41, 5.74) is 4.77. The van der Waals surface area contributed by atoms with Crippen molar-refractivity contribution >= 4 is 27.2 Å². The molecule has 2 nitrogen and oxygen atoms in total. The Morgan fingerprint density at radius 2 is 1.63 bits per heavy atom. The van der Waals surface area contributed by atoms with Crippen LogP contribution in [-0.2, 0) is 0 Å². The molecule has 0 fully saturated rings. The van der Waals surface area contributed by atoms with Crippen LogP contribution in [0, 0.1) is 6.92 Å². The molecule has 3 heteroatoms. The van der Waals surface area contributed by atoms with Gasteiger partial charge in [-0.3, -0.25) is 0 Å². The highest BCUT2D eigenvalue weighted by atomic mass is 32.1. The molecule has 1 heterocycles. The van der Waals surface area contributed by atoms with Crippen molar-refractivity contribution < 1.29 is 0 Å². The van der Waals surface area contributed by atoms with E-state index in [1.807, 2.05) is 0 Å². The van der Waals surface area contributed by atoms with Gasteiger partial charge in [0, 0.05) is 19.8 Å². The quantitative estimate of drug-likeness (QED) is 0.687. The van der Waals surface area contributed by atoms with Crippen LogP contribution in [0.25, 0.3) is 21.3 Å². The maximum atomic E-state index is 4.56. The van der Waals surface area contributed by atoms with Gasteiger partial charge in [0.1, 0.15) is 0 Å². The van der Waals surface area contributed by atoms with E-state index in [9.17, 15) is 0 Å². The van der Waals surface area contributed by atoms with Crippen LogP contribution in [0.2, 0.25) is 0 Å². The predicted octanol–water partition coefficient (Wildman–Crippen LogP) is 4.34. The third kappa shape index (κ3) is 2.34. The Bertz CT molecular complexity index is 711. The number of aryl methyl sites for hydroxylation is 1. The second-order valence-electron chi connectivity index (χ2n) is 4.86. The van der Waals surface area contributed by atoms with Gasteiger partial charge in [0.15, 0.2) is 0 Å². The smallest absolute Gasteiger partial charge is 0.0907 e. The standard InChI is InChI=1S/C16H16N2S/c1-11-17-15-10-13(6-9-16(15)19-11)12-4-7-14(8-5-12)18(2)3/h4-10H,1-3H3. The number of aromatic nitrogens is 1. The van der Waals surface area contributed by atoms with E-state index in [0.29, 0.717) is 0 Å². The first kappa shape index (κ1) is 12.2. The van der Waals surface area contributed by atoms with E-state index in [2.05, 4.69) is 73.4 Å². The lowest BCUT2D eigenvalue weighted by Gasteiger charge is -2.12. The summed E-state index contributed by atoms with van der Waals surface area (Å²) in [7, 11) is 4.11. The molecule has 0 aliphatic rings. The normalized spacial score (nSPS) is 10.9. The summed E-state index contributed by atoms with van der Waals surface area (Å²) < 4.78 is 1.26. The van der Waals surface area contributed by atoms with E-state index in [1.54, 1.807) is 11.3 Å². The number of rotatable bonds is 2. The molecule has 0 amide bonds. The third-order valence-electron chi connectivity index (χ3n) is 3.21. The molecule has 0 saturated carbocycles. The molecular formula is C16H16N2S. The molecule has 96 valence electrons. The van der Waals surface area contributed by atoms with Crippen molar-refractivity contribution in [3.63, 3.8) is 0 Å². The third-order valence-corrected chi connectivity index (χ3v) is 4.16. The van der Waals surface area contributed by atoms with Crippen molar-refractivity contribution in [2.75, 3.05) is 19.0 Å². The predicted molar refractivity (Wildman–Crippen MR) is 84.1 cm³/mol. The average molecular weight is 268 g/mol. The topological polar surface area (TPSA) is 16.1 Å².